The zero-order chi connectivity index (χ0) is 17.3. The number of hydrogen-bond donors (Lipinski definition) is 3. The molecule has 0 aliphatic carbocycles. The number of hydrogen-bond acceptors (Lipinski definition) is 1. The number of phosphoric acid groups is 1. The van der Waals surface area contributed by atoms with Crippen molar-refractivity contribution in [2.24, 2.45) is 11.8 Å². The molecular weight excluding hydrogens is 383 g/mol. The summed E-state index contributed by atoms with van der Waals surface area (Å²) in [7, 11) is -4.64. The van der Waals surface area contributed by atoms with Crippen LogP contribution in [0.15, 0.2) is 0 Å². The van der Waals surface area contributed by atoms with E-state index >= 15 is 0 Å². The number of unbranched alkanes of at least 4 members (excludes halogenated alkanes) is 2. The van der Waals surface area contributed by atoms with Gasteiger partial charge in [-0.15, -0.1) is 0 Å². The summed E-state index contributed by atoms with van der Waals surface area (Å²) in [6.45, 7) is 16.8. The quantitative estimate of drug-likeness (QED) is 0.289. The maximum absolute atomic E-state index is 8.88. The van der Waals surface area contributed by atoms with E-state index in [0.717, 1.165) is 0 Å². The van der Waals surface area contributed by atoms with Gasteiger partial charge in [0.15, 0.2) is 0 Å². The Hall–Kier alpha value is 0.798. The van der Waals surface area contributed by atoms with Crippen LogP contribution in [0.5, 0.6) is 0 Å². The molecule has 3 N–H and O–H groups in total. The monoisotopic (exact) mass is 422 g/mol. The Kier molecular flexibility index (Phi) is 30.4. The van der Waals surface area contributed by atoms with Gasteiger partial charge in [-0.1, -0.05) is 79.1 Å². The number of rotatable bonds is 8. The molecule has 0 heterocycles. The third-order valence-electron chi connectivity index (χ3n) is 3.09. The summed E-state index contributed by atoms with van der Waals surface area (Å²) in [6, 6.07) is 0. The first-order valence-electron chi connectivity index (χ1n) is 8.06. The van der Waals surface area contributed by atoms with Crippen molar-refractivity contribution in [2.75, 3.05) is 0 Å². The minimum atomic E-state index is -4.64. The molecule has 4 nitrogen and oxygen atoms in total. The summed E-state index contributed by atoms with van der Waals surface area (Å²) in [4.78, 5) is 21.6. The Morgan fingerprint density at radius 3 is 1.18 bits per heavy atom. The van der Waals surface area contributed by atoms with Crippen LogP contribution in [0.2, 0.25) is 0 Å². The van der Waals surface area contributed by atoms with Gasteiger partial charge in [-0.05, 0) is 0 Å². The summed E-state index contributed by atoms with van der Waals surface area (Å²) in [6.07, 6.45) is 10.4. The van der Waals surface area contributed by atoms with E-state index in [-0.39, 0.29) is 21.1 Å². The van der Waals surface area contributed by atoms with Gasteiger partial charge in [0.25, 0.3) is 0 Å². The molecule has 0 amide bonds. The molecule has 0 saturated heterocycles. The van der Waals surface area contributed by atoms with Crippen LogP contribution >= 0.6 is 7.82 Å². The van der Waals surface area contributed by atoms with Crippen molar-refractivity contribution in [1.82, 2.24) is 0 Å². The first-order valence-corrected chi connectivity index (χ1v) is 9.63. The van der Waals surface area contributed by atoms with Crippen LogP contribution in [0.1, 0.15) is 79.1 Å². The minimum absolute atomic E-state index is 0. The second-order valence-corrected chi connectivity index (χ2v) is 6.37. The molecule has 0 spiro atoms. The predicted octanol–water partition coefficient (Wildman–Crippen LogP) is 5.14. The first-order chi connectivity index (χ1) is 9.62. The molecule has 0 fully saturated rings. The van der Waals surface area contributed by atoms with Crippen LogP contribution in [-0.4, -0.2) is 14.7 Å². The SMILES string of the molecule is O=P(O)(O)O.[CH2-]C(CC)CCCC.[CH2-]C(CC)CCCC.[Mo+2]. The Morgan fingerprint density at radius 2 is 1.05 bits per heavy atom. The van der Waals surface area contributed by atoms with E-state index in [2.05, 4.69) is 41.5 Å². The molecule has 0 aromatic carbocycles. The van der Waals surface area contributed by atoms with E-state index in [1.807, 2.05) is 0 Å². The standard InChI is InChI=1S/2C8H17.Mo.H3O4P/c2*1-4-6-7-8(3)5-2;;1-5(2,3)4/h2*8H,3-7H2,1-2H3;;(H3,1,2,3,4)/q2*-1;+2;. The van der Waals surface area contributed by atoms with Crippen molar-refractivity contribution >= 4 is 7.82 Å². The molecule has 0 aromatic heterocycles. The summed E-state index contributed by atoms with van der Waals surface area (Å²) in [5, 5.41) is 0. The Bertz CT molecular complexity index is 212. The van der Waals surface area contributed by atoms with Gasteiger partial charge in [0.1, 0.15) is 0 Å². The van der Waals surface area contributed by atoms with E-state index in [9.17, 15) is 0 Å². The van der Waals surface area contributed by atoms with E-state index in [1.165, 1.54) is 51.4 Å². The summed E-state index contributed by atoms with van der Waals surface area (Å²) < 4.78 is 8.88. The third kappa shape index (κ3) is 49.8. The maximum atomic E-state index is 8.88. The minimum Gasteiger partial charge on any atom is -0.340 e. The van der Waals surface area contributed by atoms with Crippen molar-refractivity contribution in [2.45, 2.75) is 79.1 Å². The van der Waals surface area contributed by atoms with Gasteiger partial charge in [-0.3, -0.25) is 0 Å². The van der Waals surface area contributed by atoms with Crippen LogP contribution < -0.4 is 0 Å². The van der Waals surface area contributed by atoms with Crippen molar-refractivity contribution in [3.8, 4) is 0 Å². The van der Waals surface area contributed by atoms with Gasteiger partial charge in [0.05, 0.1) is 0 Å². The maximum Gasteiger partial charge on any atom is 2.00 e. The van der Waals surface area contributed by atoms with E-state index in [0.29, 0.717) is 11.8 Å². The molecule has 136 valence electrons. The van der Waals surface area contributed by atoms with Gasteiger partial charge in [-0.2, -0.15) is 11.8 Å². The average Bonchev–Trinajstić information content (AvgIpc) is 2.40. The van der Waals surface area contributed by atoms with Crippen LogP contribution in [-0.2, 0) is 25.6 Å². The second-order valence-electron chi connectivity index (χ2n) is 5.35. The van der Waals surface area contributed by atoms with Gasteiger partial charge >= 0.3 is 28.9 Å². The van der Waals surface area contributed by atoms with Crippen molar-refractivity contribution in [3.05, 3.63) is 13.8 Å². The fourth-order valence-electron chi connectivity index (χ4n) is 1.39. The molecular formula is C16H37MoO4P. The van der Waals surface area contributed by atoms with Crippen LogP contribution in [0.25, 0.3) is 0 Å². The molecule has 0 aliphatic heterocycles. The molecule has 0 rings (SSSR count). The molecule has 2 unspecified atom stereocenters. The van der Waals surface area contributed by atoms with Crippen LogP contribution in [0.3, 0.4) is 0 Å². The zero-order valence-corrected chi connectivity index (χ0v) is 17.7. The van der Waals surface area contributed by atoms with Crippen molar-refractivity contribution < 1.29 is 40.3 Å². The summed E-state index contributed by atoms with van der Waals surface area (Å²) in [5.74, 6) is 1.41. The second kappa shape index (κ2) is 21.8. The third-order valence-corrected chi connectivity index (χ3v) is 3.09. The smallest absolute Gasteiger partial charge is 0.340 e. The van der Waals surface area contributed by atoms with Crippen molar-refractivity contribution in [1.29, 1.82) is 0 Å². The Morgan fingerprint density at radius 1 is 0.818 bits per heavy atom. The largest absolute Gasteiger partial charge is 2.00 e. The molecule has 22 heavy (non-hydrogen) atoms. The molecule has 0 saturated carbocycles. The molecule has 0 aromatic rings. The first kappa shape index (κ1) is 30.7. The Balaban J connectivity index is -0.000000111. The van der Waals surface area contributed by atoms with Gasteiger partial charge in [-0.25, -0.2) is 4.57 Å². The summed E-state index contributed by atoms with van der Waals surface area (Å²) >= 11 is 0. The topological polar surface area (TPSA) is 77.8 Å². The molecule has 0 bridgehead atoms. The molecule has 2 atom stereocenters. The van der Waals surface area contributed by atoms with E-state index in [1.54, 1.807) is 0 Å². The molecule has 0 radical (unpaired) electrons. The normalized spacial score (nSPS) is 12.8. The average molecular weight is 420 g/mol. The van der Waals surface area contributed by atoms with Gasteiger partial charge in [0, 0.05) is 0 Å². The fourth-order valence-corrected chi connectivity index (χ4v) is 1.39. The van der Waals surface area contributed by atoms with Gasteiger partial charge < -0.3 is 28.5 Å². The Labute approximate surface area is 153 Å². The van der Waals surface area contributed by atoms with E-state index < -0.39 is 7.82 Å². The molecule has 6 heteroatoms. The van der Waals surface area contributed by atoms with Gasteiger partial charge in [0.2, 0.25) is 0 Å². The summed E-state index contributed by atoms with van der Waals surface area (Å²) in [5.41, 5.74) is 0. The molecule has 0 aliphatic rings. The van der Waals surface area contributed by atoms with E-state index in [4.69, 9.17) is 19.2 Å². The van der Waals surface area contributed by atoms with Crippen LogP contribution in [0.4, 0.5) is 0 Å². The zero-order valence-electron chi connectivity index (χ0n) is 14.8. The predicted molar refractivity (Wildman–Crippen MR) is 91.6 cm³/mol. The van der Waals surface area contributed by atoms with Crippen LogP contribution in [0, 0.1) is 25.7 Å². The fraction of sp³-hybridized carbons (Fsp3) is 0.875. The van der Waals surface area contributed by atoms with Crippen molar-refractivity contribution in [3.63, 3.8) is 0 Å².